The Morgan fingerprint density at radius 1 is 1.03 bits per heavy atom. The summed E-state index contributed by atoms with van der Waals surface area (Å²) in [5.74, 6) is -0.276. The molecule has 1 N–H and O–H groups in total. The van der Waals surface area contributed by atoms with Gasteiger partial charge in [0.2, 0.25) is 11.8 Å². The van der Waals surface area contributed by atoms with Crippen molar-refractivity contribution in [2.75, 3.05) is 25.0 Å². The fourth-order valence-electron chi connectivity index (χ4n) is 3.80. The smallest absolute Gasteiger partial charge is 0.264 e. The molecule has 0 bridgehead atoms. The molecule has 0 aromatic heterocycles. The van der Waals surface area contributed by atoms with Gasteiger partial charge >= 0.3 is 0 Å². The zero-order valence-electron chi connectivity index (χ0n) is 21.1. The number of sulfonamides is 1. The van der Waals surface area contributed by atoms with Crippen molar-refractivity contribution in [3.63, 3.8) is 0 Å². The Kier molecular flexibility index (Phi) is 9.18. The van der Waals surface area contributed by atoms with Crippen LogP contribution in [-0.4, -0.2) is 51.9 Å². The number of hydrogen-bond donors (Lipinski definition) is 1. The van der Waals surface area contributed by atoms with E-state index in [1.807, 2.05) is 0 Å². The first-order chi connectivity index (χ1) is 17.6. The van der Waals surface area contributed by atoms with Gasteiger partial charge in [-0.15, -0.1) is 0 Å². The minimum absolute atomic E-state index is 0.0308. The average molecular weight is 544 g/mol. The van der Waals surface area contributed by atoms with Gasteiger partial charge in [0.25, 0.3) is 10.0 Å². The molecular formula is C27H30ClN3O5S. The van der Waals surface area contributed by atoms with Crippen molar-refractivity contribution in [2.45, 2.75) is 31.3 Å². The number of carbonyl (C=O) groups is 2. The zero-order chi connectivity index (χ0) is 27.2. The van der Waals surface area contributed by atoms with E-state index in [1.54, 1.807) is 75.6 Å². The predicted octanol–water partition coefficient (Wildman–Crippen LogP) is 4.02. The highest BCUT2D eigenvalue weighted by molar-refractivity contribution is 7.92. The quantitative estimate of drug-likeness (QED) is 0.417. The molecule has 0 aliphatic carbocycles. The molecule has 3 aromatic carbocycles. The molecule has 0 spiro atoms. The number of aryl methyl sites for hydroxylation is 1. The average Bonchev–Trinajstić information content (AvgIpc) is 2.91. The molecule has 0 saturated carbocycles. The first-order valence-electron chi connectivity index (χ1n) is 11.6. The maximum atomic E-state index is 13.8. The number of benzene rings is 3. The molecule has 10 heteroatoms. The normalized spacial score (nSPS) is 11.9. The van der Waals surface area contributed by atoms with Gasteiger partial charge < -0.3 is 15.0 Å². The Balaban J connectivity index is 2.05. The summed E-state index contributed by atoms with van der Waals surface area (Å²) in [7, 11) is -1.11. The number of halogens is 1. The van der Waals surface area contributed by atoms with Crippen molar-refractivity contribution in [1.29, 1.82) is 0 Å². The highest BCUT2D eigenvalue weighted by Crippen LogP contribution is 2.30. The summed E-state index contributed by atoms with van der Waals surface area (Å²) >= 11 is 6.22. The van der Waals surface area contributed by atoms with Crippen LogP contribution in [0.15, 0.2) is 77.7 Å². The molecule has 1 atom stereocenters. The number of anilines is 1. The topological polar surface area (TPSA) is 96.0 Å². The second-order valence-corrected chi connectivity index (χ2v) is 10.7. The number of carbonyl (C=O) groups excluding carboxylic acids is 2. The van der Waals surface area contributed by atoms with Crippen LogP contribution in [0.5, 0.6) is 5.75 Å². The van der Waals surface area contributed by atoms with Gasteiger partial charge in [-0.2, -0.15) is 0 Å². The zero-order valence-corrected chi connectivity index (χ0v) is 22.7. The van der Waals surface area contributed by atoms with Crippen molar-refractivity contribution in [1.82, 2.24) is 10.2 Å². The third-order valence-corrected chi connectivity index (χ3v) is 7.98. The van der Waals surface area contributed by atoms with Crippen LogP contribution < -0.4 is 14.4 Å². The third kappa shape index (κ3) is 6.61. The monoisotopic (exact) mass is 543 g/mol. The summed E-state index contributed by atoms with van der Waals surface area (Å²) in [5.41, 5.74) is 1.65. The van der Waals surface area contributed by atoms with Crippen LogP contribution in [0.2, 0.25) is 5.02 Å². The van der Waals surface area contributed by atoms with Gasteiger partial charge in [0.15, 0.2) is 0 Å². The molecular weight excluding hydrogens is 514 g/mol. The lowest BCUT2D eigenvalue weighted by molar-refractivity contribution is -0.139. The molecule has 37 heavy (non-hydrogen) atoms. The molecule has 3 aromatic rings. The number of ether oxygens (including phenoxy) is 1. The van der Waals surface area contributed by atoms with E-state index < -0.39 is 28.5 Å². The summed E-state index contributed by atoms with van der Waals surface area (Å²) < 4.78 is 33.8. The molecule has 0 fully saturated rings. The van der Waals surface area contributed by atoms with E-state index in [0.29, 0.717) is 16.3 Å². The van der Waals surface area contributed by atoms with Crippen molar-refractivity contribution >= 4 is 39.1 Å². The Hall–Kier alpha value is -3.56. The molecule has 0 radical (unpaired) electrons. The molecule has 8 nitrogen and oxygen atoms in total. The van der Waals surface area contributed by atoms with Crippen LogP contribution >= 0.6 is 11.6 Å². The van der Waals surface area contributed by atoms with Gasteiger partial charge in [0.05, 0.1) is 17.7 Å². The van der Waals surface area contributed by atoms with Crippen molar-refractivity contribution in [3.8, 4) is 5.75 Å². The lowest BCUT2D eigenvalue weighted by Crippen LogP contribution is -2.50. The minimum Gasteiger partial charge on any atom is -0.497 e. The molecule has 3 rings (SSSR count). The van der Waals surface area contributed by atoms with E-state index in [0.717, 1.165) is 9.87 Å². The van der Waals surface area contributed by atoms with Crippen LogP contribution in [0.1, 0.15) is 18.1 Å². The number of nitrogens with zero attached hydrogens (tertiary/aromatic N) is 2. The lowest BCUT2D eigenvalue weighted by atomic mass is 10.1. The maximum absolute atomic E-state index is 13.8. The number of rotatable bonds is 10. The summed E-state index contributed by atoms with van der Waals surface area (Å²) in [5, 5.41) is 2.89. The second-order valence-electron chi connectivity index (χ2n) is 8.42. The van der Waals surface area contributed by atoms with E-state index >= 15 is 0 Å². The van der Waals surface area contributed by atoms with Gasteiger partial charge in [-0.1, -0.05) is 48.0 Å². The largest absolute Gasteiger partial charge is 0.497 e. The SMILES string of the molecule is CNC(=O)C(C)N(Cc1ccc(OC)cc1)C(=O)CN(c1cc(Cl)ccc1C)S(=O)(=O)c1ccccc1. The fraction of sp³-hybridized carbons (Fsp3) is 0.259. The standard InChI is InChI=1S/C27H30ClN3O5S/c1-19-10-13-22(28)16-25(19)31(37(34,35)24-8-6-5-7-9-24)18-26(32)30(20(2)27(33)29-3)17-21-11-14-23(36-4)15-12-21/h5-16,20H,17-18H2,1-4H3,(H,29,33). The highest BCUT2D eigenvalue weighted by atomic mass is 35.5. The number of hydrogen-bond acceptors (Lipinski definition) is 5. The Morgan fingerprint density at radius 2 is 1.68 bits per heavy atom. The first-order valence-corrected chi connectivity index (χ1v) is 13.4. The van der Waals surface area contributed by atoms with Crippen LogP contribution in [-0.2, 0) is 26.2 Å². The van der Waals surface area contributed by atoms with Gasteiger partial charge in [0.1, 0.15) is 18.3 Å². The van der Waals surface area contributed by atoms with Crippen LogP contribution in [0.3, 0.4) is 0 Å². The molecule has 2 amide bonds. The van der Waals surface area contributed by atoms with Crippen molar-refractivity contribution in [2.24, 2.45) is 0 Å². The van der Waals surface area contributed by atoms with Crippen LogP contribution in [0.4, 0.5) is 5.69 Å². The van der Waals surface area contributed by atoms with E-state index in [1.165, 1.54) is 30.1 Å². The Labute approximate surface area is 222 Å². The van der Waals surface area contributed by atoms with Gasteiger partial charge in [-0.3, -0.25) is 13.9 Å². The van der Waals surface area contributed by atoms with Gasteiger partial charge in [-0.25, -0.2) is 8.42 Å². The first kappa shape index (κ1) is 28.0. The van der Waals surface area contributed by atoms with E-state index in [4.69, 9.17) is 16.3 Å². The van der Waals surface area contributed by atoms with E-state index in [9.17, 15) is 18.0 Å². The number of methoxy groups -OCH3 is 1. The van der Waals surface area contributed by atoms with Crippen molar-refractivity contribution < 1.29 is 22.7 Å². The number of nitrogens with one attached hydrogen (secondary N) is 1. The molecule has 0 aliphatic heterocycles. The van der Waals surface area contributed by atoms with E-state index in [-0.39, 0.29) is 23.0 Å². The molecule has 1 unspecified atom stereocenters. The fourth-order valence-corrected chi connectivity index (χ4v) is 5.46. The van der Waals surface area contributed by atoms with Gasteiger partial charge in [0, 0.05) is 18.6 Å². The maximum Gasteiger partial charge on any atom is 0.264 e. The highest BCUT2D eigenvalue weighted by Gasteiger charge is 2.33. The minimum atomic E-state index is -4.15. The van der Waals surface area contributed by atoms with Crippen LogP contribution in [0.25, 0.3) is 0 Å². The molecule has 0 saturated heterocycles. The molecule has 0 heterocycles. The molecule has 0 aliphatic rings. The molecule has 196 valence electrons. The van der Waals surface area contributed by atoms with Gasteiger partial charge in [-0.05, 0) is 61.4 Å². The third-order valence-electron chi connectivity index (χ3n) is 5.98. The summed E-state index contributed by atoms with van der Waals surface area (Å²) in [6.45, 7) is 2.90. The predicted molar refractivity (Wildman–Crippen MR) is 144 cm³/mol. The van der Waals surface area contributed by atoms with Crippen LogP contribution in [0, 0.1) is 6.92 Å². The Bertz CT molecular complexity index is 1350. The van der Waals surface area contributed by atoms with Crippen molar-refractivity contribution in [3.05, 3.63) is 88.9 Å². The summed E-state index contributed by atoms with van der Waals surface area (Å²) in [6, 6.07) is 18.9. The lowest BCUT2D eigenvalue weighted by Gasteiger charge is -2.32. The van der Waals surface area contributed by atoms with E-state index in [2.05, 4.69) is 5.32 Å². The summed E-state index contributed by atoms with van der Waals surface area (Å²) in [4.78, 5) is 27.7. The second kappa shape index (κ2) is 12.1. The Morgan fingerprint density at radius 3 is 2.27 bits per heavy atom. The number of amides is 2. The number of likely N-dealkylation sites (N-methyl/N-ethyl adjacent to an activating group) is 1. The summed E-state index contributed by atoms with van der Waals surface area (Å²) in [6.07, 6.45) is 0.